The molecule has 7 heteroatoms. The summed E-state index contributed by atoms with van der Waals surface area (Å²) in [6.07, 6.45) is 1.96. The Morgan fingerprint density at radius 3 is 2.62 bits per heavy atom. The molecule has 0 aliphatic carbocycles. The first-order chi connectivity index (χ1) is 12.6. The maximum atomic E-state index is 12.4. The first kappa shape index (κ1) is 20.2. The molecule has 1 aromatic carbocycles. The lowest BCUT2D eigenvalue weighted by atomic mass is 10.1. The molecule has 0 radical (unpaired) electrons. The monoisotopic (exact) mass is 362 g/mol. The van der Waals surface area contributed by atoms with Gasteiger partial charge in [-0.15, -0.1) is 0 Å². The first-order valence-corrected chi connectivity index (χ1v) is 9.31. The lowest BCUT2D eigenvalue weighted by Gasteiger charge is -2.26. The maximum Gasteiger partial charge on any atom is 0.319 e. The van der Waals surface area contributed by atoms with Crippen molar-refractivity contribution >= 4 is 17.6 Å². The first-order valence-electron chi connectivity index (χ1n) is 9.31. The number of unbranched alkanes of at least 4 members (excludes halogenated alkanes) is 1. The topological polar surface area (TPSA) is 82.7 Å². The van der Waals surface area contributed by atoms with Gasteiger partial charge in [0.15, 0.2) is 0 Å². The zero-order valence-corrected chi connectivity index (χ0v) is 15.7. The van der Waals surface area contributed by atoms with E-state index in [0.29, 0.717) is 17.8 Å². The predicted octanol–water partition coefficient (Wildman–Crippen LogP) is 2.06. The minimum atomic E-state index is -0.314. The maximum absolute atomic E-state index is 12.4. The van der Waals surface area contributed by atoms with Crippen LogP contribution in [0.15, 0.2) is 24.3 Å². The van der Waals surface area contributed by atoms with Crippen LogP contribution in [-0.4, -0.2) is 62.3 Å². The molecule has 1 heterocycles. The van der Waals surface area contributed by atoms with E-state index in [4.69, 9.17) is 4.74 Å². The van der Waals surface area contributed by atoms with Gasteiger partial charge in [-0.3, -0.25) is 9.69 Å². The summed E-state index contributed by atoms with van der Waals surface area (Å²) in [6.45, 7) is 9.02. The zero-order valence-electron chi connectivity index (χ0n) is 15.7. The van der Waals surface area contributed by atoms with Gasteiger partial charge in [-0.2, -0.15) is 0 Å². The fourth-order valence-electron chi connectivity index (χ4n) is 2.79. The average Bonchev–Trinajstić information content (AvgIpc) is 2.62. The van der Waals surface area contributed by atoms with Gasteiger partial charge in [0.1, 0.15) is 0 Å². The van der Waals surface area contributed by atoms with E-state index < -0.39 is 0 Å². The number of hydrogen-bond acceptors (Lipinski definition) is 4. The van der Waals surface area contributed by atoms with E-state index in [-0.39, 0.29) is 18.0 Å². The van der Waals surface area contributed by atoms with Crippen molar-refractivity contribution < 1.29 is 14.3 Å². The molecular weight excluding hydrogens is 332 g/mol. The third-order valence-electron chi connectivity index (χ3n) is 4.13. The number of ether oxygens (including phenoxy) is 1. The van der Waals surface area contributed by atoms with Gasteiger partial charge in [0.2, 0.25) is 0 Å². The van der Waals surface area contributed by atoms with Gasteiger partial charge in [0.05, 0.1) is 24.5 Å². The van der Waals surface area contributed by atoms with Crippen LogP contribution in [0.5, 0.6) is 0 Å². The third-order valence-corrected chi connectivity index (χ3v) is 4.13. The molecule has 3 N–H and O–H groups in total. The van der Waals surface area contributed by atoms with Gasteiger partial charge in [0, 0.05) is 25.7 Å². The molecule has 2 rings (SSSR count). The molecule has 0 atom stereocenters. The second-order valence-corrected chi connectivity index (χ2v) is 6.72. The molecule has 7 nitrogen and oxygen atoms in total. The molecule has 0 unspecified atom stereocenters. The summed E-state index contributed by atoms with van der Waals surface area (Å²) in [5.74, 6) is -0.170. The molecule has 1 saturated heterocycles. The van der Waals surface area contributed by atoms with Crippen LogP contribution in [0.1, 0.15) is 37.0 Å². The molecule has 0 spiro atoms. The third kappa shape index (κ3) is 7.01. The van der Waals surface area contributed by atoms with Crippen molar-refractivity contribution in [3.05, 3.63) is 29.8 Å². The van der Waals surface area contributed by atoms with Crippen LogP contribution in [0.4, 0.5) is 10.5 Å². The minimum Gasteiger partial charge on any atom is -0.379 e. The largest absolute Gasteiger partial charge is 0.379 e. The van der Waals surface area contributed by atoms with E-state index in [1.807, 2.05) is 13.8 Å². The molecular formula is C19H30N4O3. The molecule has 1 aliphatic heterocycles. The van der Waals surface area contributed by atoms with Crippen molar-refractivity contribution in [2.75, 3.05) is 44.7 Å². The Labute approximate surface area is 155 Å². The van der Waals surface area contributed by atoms with Crippen LogP contribution in [0.2, 0.25) is 0 Å². The quantitative estimate of drug-likeness (QED) is 0.618. The summed E-state index contributed by atoms with van der Waals surface area (Å²) in [5.41, 5.74) is 0.982. The number of hydrogen-bond donors (Lipinski definition) is 3. The Hall–Kier alpha value is -2.12. The Morgan fingerprint density at radius 2 is 1.88 bits per heavy atom. The van der Waals surface area contributed by atoms with E-state index >= 15 is 0 Å². The summed E-state index contributed by atoms with van der Waals surface area (Å²) in [7, 11) is 0. The second kappa shape index (κ2) is 10.8. The normalized spacial score (nSPS) is 14.9. The van der Waals surface area contributed by atoms with Crippen molar-refractivity contribution in [2.45, 2.75) is 32.7 Å². The number of amides is 3. The molecule has 144 valence electrons. The number of nitrogens with one attached hydrogen (secondary N) is 3. The van der Waals surface area contributed by atoms with Crippen molar-refractivity contribution in [2.24, 2.45) is 0 Å². The molecule has 26 heavy (non-hydrogen) atoms. The Bertz CT molecular complexity index is 586. The molecule has 1 fully saturated rings. The summed E-state index contributed by atoms with van der Waals surface area (Å²) < 4.78 is 5.33. The SMILES string of the molecule is CC(C)NC(=O)Nc1ccccc1C(=O)NCCCCN1CCOCC1. The summed E-state index contributed by atoms with van der Waals surface area (Å²) in [6, 6.07) is 6.75. The molecule has 1 aromatic rings. The van der Waals surface area contributed by atoms with Crippen LogP contribution in [0, 0.1) is 0 Å². The highest BCUT2D eigenvalue weighted by atomic mass is 16.5. The van der Waals surface area contributed by atoms with Crippen molar-refractivity contribution in [1.82, 2.24) is 15.5 Å². The average molecular weight is 362 g/mol. The van der Waals surface area contributed by atoms with Crippen molar-refractivity contribution in [1.29, 1.82) is 0 Å². The van der Waals surface area contributed by atoms with Gasteiger partial charge < -0.3 is 20.7 Å². The van der Waals surface area contributed by atoms with Crippen LogP contribution in [0.25, 0.3) is 0 Å². The molecule has 0 saturated carbocycles. The standard InChI is InChI=1S/C19H30N4O3/c1-15(2)21-19(25)22-17-8-4-3-7-16(17)18(24)20-9-5-6-10-23-11-13-26-14-12-23/h3-4,7-8,15H,5-6,9-14H2,1-2H3,(H,20,24)(H2,21,22,25). The van der Waals surface area contributed by atoms with Crippen LogP contribution in [-0.2, 0) is 4.74 Å². The van der Waals surface area contributed by atoms with Crippen LogP contribution >= 0.6 is 0 Å². The summed E-state index contributed by atoms with van der Waals surface area (Å²) in [4.78, 5) is 26.7. The molecule has 0 bridgehead atoms. The fraction of sp³-hybridized carbons (Fsp3) is 0.579. The second-order valence-electron chi connectivity index (χ2n) is 6.72. The Balaban J connectivity index is 1.75. The van der Waals surface area contributed by atoms with Crippen molar-refractivity contribution in [3.8, 4) is 0 Å². The number of anilines is 1. The summed E-state index contributed by atoms with van der Waals surface area (Å²) >= 11 is 0. The lowest BCUT2D eigenvalue weighted by Crippen LogP contribution is -2.37. The van der Waals surface area contributed by atoms with Gasteiger partial charge in [-0.05, 0) is 45.4 Å². The van der Waals surface area contributed by atoms with E-state index in [1.54, 1.807) is 24.3 Å². The smallest absolute Gasteiger partial charge is 0.319 e. The molecule has 0 aromatic heterocycles. The van der Waals surface area contributed by atoms with E-state index in [1.165, 1.54) is 0 Å². The van der Waals surface area contributed by atoms with Crippen LogP contribution in [0.3, 0.4) is 0 Å². The number of benzene rings is 1. The van der Waals surface area contributed by atoms with Crippen molar-refractivity contribution in [3.63, 3.8) is 0 Å². The number of para-hydroxylation sites is 1. The number of urea groups is 1. The Morgan fingerprint density at radius 1 is 1.15 bits per heavy atom. The van der Waals surface area contributed by atoms with E-state index in [2.05, 4.69) is 20.9 Å². The Kier molecular flexibility index (Phi) is 8.37. The van der Waals surface area contributed by atoms with Gasteiger partial charge in [-0.1, -0.05) is 12.1 Å². The zero-order chi connectivity index (χ0) is 18.8. The number of nitrogens with zero attached hydrogens (tertiary/aromatic N) is 1. The highest BCUT2D eigenvalue weighted by Crippen LogP contribution is 2.15. The lowest BCUT2D eigenvalue weighted by molar-refractivity contribution is 0.0372. The number of rotatable bonds is 8. The summed E-state index contributed by atoms with van der Waals surface area (Å²) in [5, 5.41) is 8.43. The van der Waals surface area contributed by atoms with Gasteiger partial charge in [-0.25, -0.2) is 4.79 Å². The number of carbonyl (C=O) groups is 2. The van der Waals surface area contributed by atoms with E-state index in [9.17, 15) is 9.59 Å². The van der Waals surface area contributed by atoms with E-state index in [0.717, 1.165) is 45.7 Å². The predicted molar refractivity (Wildman–Crippen MR) is 103 cm³/mol. The highest BCUT2D eigenvalue weighted by molar-refractivity contribution is 6.03. The number of morpholine rings is 1. The fourth-order valence-corrected chi connectivity index (χ4v) is 2.79. The molecule has 3 amide bonds. The highest BCUT2D eigenvalue weighted by Gasteiger charge is 2.13. The minimum absolute atomic E-state index is 0.0301. The molecule has 1 aliphatic rings. The van der Waals surface area contributed by atoms with Crippen LogP contribution < -0.4 is 16.0 Å². The van der Waals surface area contributed by atoms with Gasteiger partial charge >= 0.3 is 6.03 Å². The van der Waals surface area contributed by atoms with Gasteiger partial charge in [0.25, 0.3) is 5.91 Å². The number of carbonyl (C=O) groups excluding carboxylic acids is 2.